The van der Waals surface area contributed by atoms with Crippen LogP contribution < -0.4 is 0 Å². The largest absolute Gasteiger partial charge is 0.240 e. The van der Waals surface area contributed by atoms with Crippen molar-refractivity contribution in [2.24, 2.45) is 4.99 Å². The summed E-state index contributed by atoms with van der Waals surface area (Å²) in [4.78, 5) is 13.1. The minimum absolute atomic E-state index is 0.646. The maximum absolute atomic E-state index is 9.68. The van der Waals surface area contributed by atoms with Gasteiger partial charge in [0.05, 0.1) is 5.69 Å². The van der Waals surface area contributed by atoms with Gasteiger partial charge in [-0.25, -0.2) is 4.79 Å². The Balaban J connectivity index is 2.97. The molecule has 0 aliphatic heterocycles. The molecule has 0 saturated heterocycles. The molecule has 44 valence electrons. The number of isocyanates is 1. The van der Waals surface area contributed by atoms with Gasteiger partial charge in [-0.2, -0.15) is 4.99 Å². The molecular formula is C7H5NO. The molecule has 0 heterocycles. The van der Waals surface area contributed by atoms with E-state index in [9.17, 15) is 4.79 Å². The summed E-state index contributed by atoms with van der Waals surface area (Å²) in [7, 11) is 0. The van der Waals surface area contributed by atoms with Gasteiger partial charge in [0.2, 0.25) is 6.08 Å². The predicted octanol–water partition coefficient (Wildman–Crippen LogP) is 1.65. The van der Waals surface area contributed by atoms with Crippen molar-refractivity contribution in [3.05, 3.63) is 30.3 Å². The van der Waals surface area contributed by atoms with E-state index in [4.69, 9.17) is 0 Å². The number of nitrogens with zero attached hydrogens (tertiary/aromatic N) is 1. The summed E-state index contributed by atoms with van der Waals surface area (Å²) >= 11 is 0. The Kier molecular flexibility index (Phi) is 1.78. The molecule has 0 aliphatic carbocycles. The summed E-state index contributed by atoms with van der Waals surface area (Å²) in [5.41, 5.74) is 0.646. The first-order valence-corrected chi connectivity index (χ1v) is 2.56. The first-order chi connectivity index (χ1) is 4.43. The normalized spacial score (nSPS) is 8.00. The predicted molar refractivity (Wildman–Crippen MR) is 34.2 cm³/mol. The Morgan fingerprint density at radius 2 is 1.89 bits per heavy atom. The van der Waals surface area contributed by atoms with Crippen molar-refractivity contribution < 1.29 is 4.79 Å². The summed E-state index contributed by atoms with van der Waals surface area (Å²) in [5, 5.41) is 0. The Morgan fingerprint density at radius 3 is 2.44 bits per heavy atom. The molecular weight excluding hydrogens is 115 g/mol. The second-order valence-corrected chi connectivity index (χ2v) is 1.54. The van der Waals surface area contributed by atoms with Gasteiger partial charge in [-0.3, -0.25) is 0 Å². The van der Waals surface area contributed by atoms with Crippen LogP contribution in [0.5, 0.6) is 0 Å². The lowest BCUT2D eigenvalue weighted by Crippen LogP contribution is -1.59. The molecule has 0 atom stereocenters. The van der Waals surface area contributed by atoms with Gasteiger partial charge in [0.25, 0.3) is 0 Å². The average Bonchev–Trinajstić information content (AvgIpc) is 1.91. The molecule has 0 saturated carbocycles. The minimum atomic E-state index is 0.646. The van der Waals surface area contributed by atoms with Crippen LogP contribution in [0.15, 0.2) is 35.3 Å². The number of hydrogen-bond acceptors (Lipinski definition) is 2. The number of para-hydroxylation sites is 1. The highest BCUT2D eigenvalue weighted by Crippen LogP contribution is 2.06. The molecule has 1 rings (SSSR count). The molecule has 0 aliphatic rings. The molecule has 2 heteroatoms. The molecule has 0 radical (unpaired) electrons. The molecule has 0 spiro atoms. The molecule has 0 unspecified atom stereocenters. The smallest absolute Gasteiger partial charge is 0.211 e. The summed E-state index contributed by atoms with van der Waals surface area (Å²) in [6.07, 6.45) is 1.46. The zero-order chi connectivity index (χ0) is 6.53. The number of benzene rings is 1. The van der Waals surface area contributed by atoms with Crippen LogP contribution in [-0.4, -0.2) is 6.08 Å². The quantitative estimate of drug-likeness (QED) is 0.315. The van der Waals surface area contributed by atoms with Gasteiger partial charge in [-0.15, -0.1) is 0 Å². The lowest BCUT2D eigenvalue weighted by atomic mass is 10.3. The highest BCUT2D eigenvalue weighted by atomic mass is 16.1. The van der Waals surface area contributed by atoms with E-state index in [-0.39, 0.29) is 0 Å². The van der Waals surface area contributed by atoms with Crippen LogP contribution >= 0.6 is 0 Å². The van der Waals surface area contributed by atoms with Crippen molar-refractivity contribution in [1.82, 2.24) is 0 Å². The zero-order valence-electron chi connectivity index (χ0n) is 4.74. The van der Waals surface area contributed by atoms with E-state index in [2.05, 4.69) is 4.99 Å². The van der Waals surface area contributed by atoms with Crippen molar-refractivity contribution in [2.45, 2.75) is 0 Å². The fraction of sp³-hybridized carbons (Fsp3) is 0. The molecule has 0 amide bonds. The van der Waals surface area contributed by atoms with Crippen LogP contribution in [0.3, 0.4) is 0 Å². The highest BCUT2D eigenvalue weighted by Gasteiger charge is 1.79. The van der Waals surface area contributed by atoms with E-state index in [1.165, 1.54) is 6.08 Å². The highest BCUT2D eigenvalue weighted by molar-refractivity contribution is 5.47. The van der Waals surface area contributed by atoms with Crippen molar-refractivity contribution in [3.8, 4) is 0 Å². The Bertz CT molecular complexity index is 224. The van der Waals surface area contributed by atoms with Gasteiger partial charge in [0.1, 0.15) is 0 Å². The van der Waals surface area contributed by atoms with Crippen LogP contribution in [0, 0.1) is 0 Å². The summed E-state index contributed by atoms with van der Waals surface area (Å²) < 4.78 is 0. The number of rotatable bonds is 1. The van der Waals surface area contributed by atoms with Crippen LogP contribution in [0.1, 0.15) is 0 Å². The van der Waals surface area contributed by atoms with Crippen molar-refractivity contribution in [3.63, 3.8) is 0 Å². The molecule has 2 nitrogen and oxygen atoms in total. The Hall–Kier alpha value is -1.40. The maximum Gasteiger partial charge on any atom is 0.240 e. The van der Waals surface area contributed by atoms with E-state index >= 15 is 0 Å². The monoisotopic (exact) mass is 120 g/mol. The maximum atomic E-state index is 9.68. The van der Waals surface area contributed by atoms with Gasteiger partial charge >= 0.3 is 0 Å². The van der Waals surface area contributed by atoms with Gasteiger partial charge < -0.3 is 0 Å². The summed E-state index contributed by atoms with van der Waals surface area (Å²) in [6, 6.07) is 8.98. The molecule has 0 fully saturated rings. The number of hydrogen-bond donors (Lipinski definition) is 0. The third-order valence-corrected chi connectivity index (χ3v) is 0.931. The minimum Gasteiger partial charge on any atom is -0.211 e. The Morgan fingerprint density at radius 1 is 1.22 bits per heavy atom. The summed E-state index contributed by atoms with van der Waals surface area (Å²) in [5.74, 6) is 0. The number of aliphatic imine (C=N–C) groups is 1. The van der Waals surface area contributed by atoms with E-state index in [1.807, 2.05) is 18.2 Å². The topological polar surface area (TPSA) is 29.4 Å². The average molecular weight is 120 g/mol. The zero-order valence-corrected chi connectivity index (χ0v) is 4.74. The van der Waals surface area contributed by atoms with Gasteiger partial charge in [0, 0.05) is 0 Å². The fourth-order valence-corrected chi connectivity index (χ4v) is 0.555. The van der Waals surface area contributed by atoms with Crippen LogP contribution in [-0.2, 0) is 4.79 Å². The number of carbonyl (C=O) groups excluding carboxylic acids is 1. The fourth-order valence-electron chi connectivity index (χ4n) is 0.555. The van der Waals surface area contributed by atoms with Crippen LogP contribution in [0.2, 0.25) is 0 Å². The van der Waals surface area contributed by atoms with Crippen LogP contribution in [0.4, 0.5) is 5.69 Å². The van der Waals surface area contributed by atoms with E-state index in [0.29, 0.717) is 5.69 Å². The van der Waals surface area contributed by atoms with E-state index in [1.54, 1.807) is 12.1 Å². The molecule has 1 aromatic rings. The molecule has 1 aromatic carbocycles. The molecule has 0 bridgehead atoms. The SMILES string of the molecule is O=C=[15N]c1ccccc1. The lowest BCUT2D eigenvalue weighted by molar-refractivity contribution is 0.565. The third-order valence-electron chi connectivity index (χ3n) is 0.931. The standard InChI is InChI=1S/C7H5NO/c9-6-8-7-4-2-1-3-5-7/h1-5H/i8+1. The second kappa shape index (κ2) is 2.80. The van der Waals surface area contributed by atoms with Crippen molar-refractivity contribution >= 4 is 11.8 Å². The Labute approximate surface area is 52.9 Å². The van der Waals surface area contributed by atoms with Gasteiger partial charge in [-0.1, -0.05) is 18.2 Å². The molecule has 0 aromatic heterocycles. The third kappa shape index (κ3) is 1.52. The van der Waals surface area contributed by atoms with Crippen LogP contribution in [0.25, 0.3) is 0 Å². The first-order valence-electron chi connectivity index (χ1n) is 2.56. The first kappa shape index (κ1) is 5.73. The molecule has 0 N–H and O–H groups in total. The van der Waals surface area contributed by atoms with Gasteiger partial charge in [0.15, 0.2) is 0 Å². The van der Waals surface area contributed by atoms with Crippen molar-refractivity contribution in [2.75, 3.05) is 0 Å². The lowest BCUT2D eigenvalue weighted by Gasteiger charge is -1.83. The molecule has 9 heavy (non-hydrogen) atoms. The van der Waals surface area contributed by atoms with Crippen molar-refractivity contribution in [1.29, 1.82) is 0 Å². The summed E-state index contributed by atoms with van der Waals surface area (Å²) in [6.45, 7) is 0. The second-order valence-electron chi connectivity index (χ2n) is 1.54. The van der Waals surface area contributed by atoms with E-state index < -0.39 is 0 Å². The van der Waals surface area contributed by atoms with Gasteiger partial charge in [-0.05, 0) is 12.1 Å². The van der Waals surface area contributed by atoms with E-state index in [0.717, 1.165) is 0 Å².